The second kappa shape index (κ2) is 8.53. The lowest BCUT2D eigenvalue weighted by Crippen LogP contribution is -2.27. The first-order valence-electron chi connectivity index (χ1n) is 10.2. The number of amides is 1. The third-order valence-electron chi connectivity index (χ3n) is 5.39. The second-order valence-corrected chi connectivity index (χ2v) is 7.84. The summed E-state index contributed by atoms with van der Waals surface area (Å²) in [6.45, 7) is 0. The molecule has 0 radical (unpaired) electrons. The van der Waals surface area contributed by atoms with Crippen molar-refractivity contribution < 1.29 is 9.53 Å². The Morgan fingerprint density at radius 3 is 2.58 bits per heavy atom. The number of rotatable bonds is 4. The van der Waals surface area contributed by atoms with Gasteiger partial charge in [-0.1, -0.05) is 35.9 Å². The molecule has 166 valence electrons. The molecule has 0 aliphatic carbocycles. The molecule has 2 aromatic heterocycles. The minimum atomic E-state index is -0.322. The number of aromatic nitrogens is 3. The highest BCUT2D eigenvalue weighted by atomic mass is 35.5. The quantitative estimate of drug-likeness (QED) is 0.483. The summed E-state index contributed by atoms with van der Waals surface area (Å²) in [6, 6.07) is 15.4. The maximum atomic E-state index is 13.0. The molecule has 2 N–H and O–H groups in total. The summed E-state index contributed by atoms with van der Waals surface area (Å²) in [5, 5.41) is 0.610. The molecule has 3 heterocycles. The number of carbonyl (C=O) groups is 1. The molecule has 1 aliphatic heterocycles. The lowest BCUT2D eigenvalue weighted by Gasteiger charge is -2.17. The van der Waals surface area contributed by atoms with Gasteiger partial charge in [0.1, 0.15) is 5.69 Å². The van der Waals surface area contributed by atoms with E-state index in [0.29, 0.717) is 22.4 Å². The van der Waals surface area contributed by atoms with Gasteiger partial charge < -0.3 is 9.64 Å². The SMILES string of the molecule is CN=C1NNC(c2ccc(-c3cnc4cnc(C(=O)N(C)c5ccc(Cl)cc5)cn34)cc2)O1. The predicted octanol–water partition coefficient (Wildman–Crippen LogP) is 3.44. The van der Waals surface area contributed by atoms with E-state index < -0.39 is 0 Å². The molecule has 1 saturated heterocycles. The van der Waals surface area contributed by atoms with Gasteiger partial charge in [-0.15, -0.1) is 0 Å². The summed E-state index contributed by atoms with van der Waals surface area (Å²) >= 11 is 5.96. The zero-order valence-electron chi connectivity index (χ0n) is 17.9. The van der Waals surface area contributed by atoms with Crippen LogP contribution in [0.5, 0.6) is 0 Å². The average Bonchev–Trinajstić information content (AvgIpc) is 3.50. The summed E-state index contributed by atoms with van der Waals surface area (Å²) in [7, 11) is 3.36. The lowest BCUT2D eigenvalue weighted by atomic mass is 10.1. The number of benzene rings is 2. The number of ether oxygens (including phenoxy) is 1. The number of hydrazine groups is 1. The Kier molecular flexibility index (Phi) is 5.41. The van der Waals surface area contributed by atoms with Crippen molar-refractivity contribution in [2.24, 2.45) is 4.99 Å². The number of aliphatic imine (C=N–C) groups is 1. The molecule has 0 bridgehead atoms. The van der Waals surface area contributed by atoms with Crippen LogP contribution in [0.3, 0.4) is 0 Å². The number of imidazole rings is 1. The number of anilines is 1. The molecule has 0 saturated carbocycles. The number of halogens is 1. The van der Waals surface area contributed by atoms with Crippen LogP contribution in [0, 0.1) is 0 Å². The van der Waals surface area contributed by atoms with Crippen LogP contribution in [0.2, 0.25) is 5.02 Å². The Bertz CT molecular complexity index is 1350. The molecule has 1 unspecified atom stereocenters. The van der Waals surface area contributed by atoms with Crippen molar-refractivity contribution in [2.75, 3.05) is 19.0 Å². The van der Waals surface area contributed by atoms with Crippen molar-refractivity contribution >= 4 is 34.9 Å². The van der Waals surface area contributed by atoms with Gasteiger partial charge >= 0.3 is 6.02 Å². The first kappa shape index (κ1) is 20.9. The summed E-state index contributed by atoms with van der Waals surface area (Å²) in [6.07, 6.45) is 4.73. The van der Waals surface area contributed by atoms with Crippen molar-refractivity contribution in [3.63, 3.8) is 0 Å². The number of carbonyl (C=O) groups excluding carboxylic acids is 1. The van der Waals surface area contributed by atoms with Crippen molar-refractivity contribution in [3.05, 3.63) is 83.4 Å². The van der Waals surface area contributed by atoms with Crippen LogP contribution in [0.25, 0.3) is 16.9 Å². The molecule has 1 fully saturated rings. The smallest absolute Gasteiger partial charge is 0.301 e. The summed E-state index contributed by atoms with van der Waals surface area (Å²) in [4.78, 5) is 27.3. The fourth-order valence-corrected chi connectivity index (χ4v) is 3.68. The van der Waals surface area contributed by atoms with Crippen LogP contribution in [0.1, 0.15) is 22.3 Å². The number of fused-ring (bicyclic) bond motifs is 1. The summed E-state index contributed by atoms with van der Waals surface area (Å²) < 4.78 is 7.52. The van der Waals surface area contributed by atoms with E-state index in [1.807, 2.05) is 28.7 Å². The van der Waals surface area contributed by atoms with E-state index in [4.69, 9.17) is 16.3 Å². The van der Waals surface area contributed by atoms with Crippen LogP contribution in [-0.2, 0) is 4.74 Å². The van der Waals surface area contributed by atoms with Crippen molar-refractivity contribution in [3.8, 4) is 11.3 Å². The lowest BCUT2D eigenvalue weighted by molar-refractivity contribution is 0.0988. The first-order chi connectivity index (χ1) is 16.0. The van der Waals surface area contributed by atoms with Crippen molar-refractivity contribution in [2.45, 2.75) is 6.23 Å². The van der Waals surface area contributed by atoms with Gasteiger partial charge in [0, 0.05) is 42.1 Å². The van der Waals surface area contributed by atoms with Crippen molar-refractivity contribution in [1.82, 2.24) is 25.2 Å². The largest absolute Gasteiger partial charge is 0.439 e. The van der Waals surface area contributed by atoms with Crippen LogP contribution in [-0.4, -0.2) is 40.4 Å². The first-order valence-corrected chi connectivity index (χ1v) is 10.5. The monoisotopic (exact) mass is 461 g/mol. The van der Waals surface area contributed by atoms with E-state index in [-0.39, 0.29) is 12.1 Å². The minimum Gasteiger partial charge on any atom is -0.439 e. The van der Waals surface area contributed by atoms with Gasteiger partial charge in [-0.05, 0) is 24.3 Å². The Hall–Kier alpha value is -3.95. The van der Waals surface area contributed by atoms with Gasteiger partial charge in [0.05, 0.1) is 18.1 Å². The number of hydrogen-bond donors (Lipinski definition) is 2. The molecule has 4 aromatic rings. The van der Waals surface area contributed by atoms with E-state index in [1.165, 1.54) is 4.90 Å². The normalized spacial score (nSPS) is 16.6. The fraction of sp³-hybridized carbons (Fsp3) is 0.130. The maximum Gasteiger partial charge on any atom is 0.301 e. The van der Waals surface area contributed by atoms with Gasteiger partial charge in [0.15, 0.2) is 11.9 Å². The molecule has 2 aromatic carbocycles. The van der Waals surface area contributed by atoms with Gasteiger partial charge in [-0.3, -0.25) is 14.6 Å². The zero-order valence-corrected chi connectivity index (χ0v) is 18.6. The molecule has 33 heavy (non-hydrogen) atoms. The Morgan fingerprint density at radius 2 is 1.88 bits per heavy atom. The average molecular weight is 462 g/mol. The van der Waals surface area contributed by atoms with E-state index in [2.05, 4.69) is 25.8 Å². The Morgan fingerprint density at radius 1 is 1.12 bits per heavy atom. The minimum absolute atomic E-state index is 0.237. The van der Waals surface area contributed by atoms with Gasteiger partial charge in [0.25, 0.3) is 5.91 Å². The van der Waals surface area contributed by atoms with Gasteiger partial charge in [0.2, 0.25) is 0 Å². The summed E-state index contributed by atoms with van der Waals surface area (Å²) in [5.74, 6) is -0.237. The van der Waals surface area contributed by atoms with E-state index in [0.717, 1.165) is 22.5 Å². The molecule has 1 atom stereocenters. The second-order valence-electron chi connectivity index (χ2n) is 7.40. The molecule has 1 amide bonds. The van der Waals surface area contributed by atoms with Crippen LogP contribution in [0.4, 0.5) is 5.69 Å². The molecular formula is C23H20ClN7O2. The number of amidine groups is 1. The van der Waals surface area contributed by atoms with Crippen LogP contribution >= 0.6 is 11.6 Å². The highest BCUT2D eigenvalue weighted by molar-refractivity contribution is 6.30. The van der Waals surface area contributed by atoms with Crippen molar-refractivity contribution in [1.29, 1.82) is 0 Å². The standard InChI is InChI=1S/C23H20ClN7O2/c1-25-23-29-28-21(33-23)15-5-3-14(4-6-15)19-11-27-20-12-26-18(13-31(19)20)22(32)30(2)17-9-7-16(24)8-10-17/h3-13,21,28H,1-2H3,(H,25,29). The molecule has 5 rings (SSSR count). The third kappa shape index (κ3) is 3.99. The molecular weight excluding hydrogens is 442 g/mol. The Labute approximate surface area is 194 Å². The zero-order chi connectivity index (χ0) is 22.9. The molecule has 1 aliphatic rings. The van der Waals surface area contributed by atoms with Gasteiger partial charge in [-0.25, -0.2) is 15.0 Å². The number of hydrogen-bond acceptors (Lipinski definition) is 6. The topological polar surface area (TPSA) is 96.2 Å². The van der Waals surface area contributed by atoms with E-state index in [9.17, 15) is 4.79 Å². The number of nitrogens with zero attached hydrogens (tertiary/aromatic N) is 5. The highest BCUT2D eigenvalue weighted by Gasteiger charge is 2.22. The van der Waals surface area contributed by atoms with Gasteiger partial charge in [-0.2, -0.15) is 5.43 Å². The highest BCUT2D eigenvalue weighted by Crippen LogP contribution is 2.25. The van der Waals surface area contributed by atoms with E-state index >= 15 is 0 Å². The molecule has 0 spiro atoms. The molecule has 9 nitrogen and oxygen atoms in total. The predicted molar refractivity (Wildman–Crippen MR) is 126 cm³/mol. The Balaban J connectivity index is 1.42. The molecule has 10 heteroatoms. The fourth-order valence-electron chi connectivity index (χ4n) is 3.55. The van der Waals surface area contributed by atoms with E-state index in [1.54, 1.807) is 57.0 Å². The third-order valence-corrected chi connectivity index (χ3v) is 5.64. The van der Waals surface area contributed by atoms with Crippen LogP contribution < -0.4 is 15.8 Å². The van der Waals surface area contributed by atoms with Crippen LogP contribution in [0.15, 0.2) is 72.1 Å². The maximum absolute atomic E-state index is 13.0. The summed E-state index contributed by atoms with van der Waals surface area (Å²) in [5.41, 5.74) is 10.3. The number of nitrogens with one attached hydrogen (secondary N) is 2.